The monoisotopic (exact) mass is 389 g/mol. The van der Waals surface area contributed by atoms with Crippen molar-refractivity contribution in [3.8, 4) is 22.3 Å². The summed E-state index contributed by atoms with van der Waals surface area (Å²) in [6.45, 7) is 0. The van der Waals surface area contributed by atoms with Crippen LogP contribution in [0.1, 0.15) is 24.0 Å². The van der Waals surface area contributed by atoms with Gasteiger partial charge in [0, 0.05) is 24.0 Å². The molecule has 4 aromatic carbocycles. The van der Waals surface area contributed by atoms with Gasteiger partial charge < -0.3 is 4.90 Å². The molecule has 1 heteroatoms. The van der Waals surface area contributed by atoms with E-state index in [0.717, 1.165) is 0 Å². The van der Waals surface area contributed by atoms with Crippen LogP contribution in [0.4, 0.5) is 11.4 Å². The van der Waals surface area contributed by atoms with Gasteiger partial charge in [-0.25, -0.2) is 0 Å². The zero-order valence-corrected chi connectivity index (χ0v) is 17.5. The molecular weight excluding hydrogens is 362 g/mol. The summed E-state index contributed by atoms with van der Waals surface area (Å²) < 4.78 is 0. The molecule has 0 heterocycles. The first-order chi connectivity index (χ1) is 14.8. The molecule has 0 saturated heterocycles. The van der Waals surface area contributed by atoms with Crippen LogP contribution in [0.15, 0.2) is 97.1 Å². The number of fused-ring (bicyclic) bond motifs is 1. The van der Waals surface area contributed by atoms with Crippen LogP contribution in [0.3, 0.4) is 0 Å². The lowest BCUT2D eigenvalue weighted by Crippen LogP contribution is -2.10. The highest BCUT2D eigenvalue weighted by Crippen LogP contribution is 2.36. The van der Waals surface area contributed by atoms with E-state index in [1.54, 1.807) is 5.56 Å². The molecule has 5 rings (SSSR count). The number of hydrogen-bond donors (Lipinski definition) is 0. The van der Waals surface area contributed by atoms with Gasteiger partial charge >= 0.3 is 0 Å². The topological polar surface area (TPSA) is 3.24 Å². The van der Waals surface area contributed by atoms with E-state index < -0.39 is 0 Å². The molecule has 0 spiro atoms. The Kier molecular flexibility index (Phi) is 5.11. The molecule has 30 heavy (non-hydrogen) atoms. The molecule has 4 aromatic rings. The molecule has 0 fully saturated rings. The van der Waals surface area contributed by atoms with Crippen LogP contribution in [0.2, 0.25) is 0 Å². The lowest BCUT2D eigenvalue weighted by Gasteiger charge is -2.23. The Morgan fingerprint density at radius 2 is 1.20 bits per heavy atom. The first-order valence-corrected chi connectivity index (χ1v) is 10.9. The second-order valence-electron chi connectivity index (χ2n) is 8.14. The smallest absolute Gasteiger partial charge is 0.0487 e. The van der Waals surface area contributed by atoms with E-state index in [1.165, 1.54) is 64.9 Å². The third kappa shape index (κ3) is 3.52. The molecule has 0 atom stereocenters. The summed E-state index contributed by atoms with van der Waals surface area (Å²) in [5.74, 6) is 0. The average Bonchev–Trinajstić information content (AvgIpc) is 2.84. The van der Waals surface area contributed by atoms with Crippen LogP contribution in [-0.4, -0.2) is 7.05 Å². The maximum Gasteiger partial charge on any atom is 0.0487 e. The maximum absolute atomic E-state index is 2.31. The molecule has 1 aliphatic rings. The van der Waals surface area contributed by atoms with Gasteiger partial charge in [0.2, 0.25) is 0 Å². The van der Waals surface area contributed by atoms with Crippen molar-refractivity contribution in [2.24, 2.45) is 0 Å². The van der Waals surface area contributed by atoms with Gasteiger partial charge in [-0.05, 0) is 71.7 Å². The Balaban J connectivity index is 1.51. The standard InChI is InChI=1S/C29H27N/c1-30(25-12-3-2-4-13-25)29-17-8-7-15-28(29)24-20-18-23(19-21-24)27-16-9-11-22-10-5-6-14-26(22)27/h2-4,7-9,11-13,15-21H,5-6,10,14H2,1H3. The third-order valence-electron chi connectivity index (χ3n) is 6.31. The molecule has 0 unspecified atom stereocenters. The highest BCUT2D eigenvalue weighted by Gasteiger charge is 2.15. The summed E-state index contributed by atoms with van der Waals surface area (Å²) in [4.78, 5) is 2.26. The normalized spacial score (nSPS) is 13.0. The number of anilines is 2. The summed E-state index contributed by atoms with van der Waals surface area (Å²) in [5.41, 5.74) is 10.7. The maximum atomic E-state index is 2.31. The lowest BCUT2D eigenvalue weighted by atomic mass is 9.85. The van der Waals surface area contributed by atoms with E-state index in [0.29, 0.717) is 0 Å². The number of rotatable bonds is 4. The van der Waals surface area contributed by atoms with Crippen molar-refractivity contribution >= 4 is 11.4 Å². The minimum atomic E-state index is 1.19. The van der Waals surface area contributed by atoms with Crippen LogP contribution in [0, 0.1) is 0 Å². The minimum Gasteiger partial charge on any atom is -0.344 e. The SMILES string of the molecule is CN(c1ccccc1)c1ccccc1-c1ccc(-c2cccc3c2CCCC3)cc1. The molecular formula is C29H27N. The summed E-state index contributed by atoms with van der Waals surface area (Å²) in [7, 11) is 2.14. The van der Waals surface area contributed by atoms with Gasteiger partial charge in [0.05, 0.1) is 0 Å². The lowest BCUT2D eigenvalue weighted by molar-refractivity contribution is 0.687. The Hall–Kier alpha value is -3.32. The van der Waals surface area contributed by atoms with Gasteiger partial charge in [0.25, 0.3) is 0 Å². The number of aryl methyl sites for hydroxylation is 1. The van der Waals surface area contributed by atoms with E-state index in [2.05, 4.69) is 109 Å². The number of hydrogen-bond acceptors (Lipinski definition) is 1. The average molecular weight is 390 g/mol. The van der Waals surface area contributed by atoms with Gasteiger partial charge in [0.15, 0.2) is 0 Å². The molecule has 0 aromatic heterocycles. The van der Waals surface area contributed by atoms with Crippen molar-refractivity contribution in [3.05, 3.63) is 108 Å². The second-order valence-corrected chi connectivity index (χ2v) is 8.14. The summed E-state index contributed by atoms with van der Waals surface area (Å²) >= 11 is 0. The van der Waals surface area contributed by atoms with Crippen molar-refractivity contribution in [2.75, 3.05) is 11.9 Å². The van der Waals surface area contributed by atoms with Crippen LogP contribution in [-0.2, 0) is 12.8 Å². The first kappa shape index (κ1) is 18.7. The highest BCUT2D eigenvalue weighted by molar-refractivity contribution is 5.83. The van der Waals surface area contributed by atoms with E-state index >= 15 is 0 Å². The van der Waals surface area contributed by atoms with Gasteiger partial charge in [-0.2, -0.15) is 0 Å². The molecule has 0 N–H and O–H groups in total. The molecule has 1 nitrogen and oxygen atoms in total. The largest absolute Gasteiger partial charge is 0.344 e. The van der Waals surface area contributed by atoms with E-state index in [1.807, 2.05) is 0 Å². The quantitative estimate of drug-likeness (QED) is 0.346. The third-order valence-corrected chi connectivity index (χ3v) is 6.31. The van der Waals surface area contributed by atoms with E-state index in [9.17, 15) is 0 Å². The summed E-state index contributed by atoms with van der Waals surface area (Å²) in [5, 5.41) is 0. The summed E-state index contributed by atoms with van der Waals surface area (Å²) in [6, 6.07) is 35.1. The van der Waals surface area contributed by atoms with Gasteiger partial charge in [0.1, 0.15) is 0 Å². The van der Waals surface area contributed by atoms with Crippen molar-refractivity contribution in [2.45, 2.75) is 25.7 Å². The van der Waals surface area contributed by atoms with Crippen molar-refractivity contribution < 1.29 is 0 Å². The van der Waals surface area contributed by atoms with Crippen LogP contribution < -0.4 is 4.90 Å². The van der Waals surface area contributed by atoms with Gasteiger partial charge in [-0.3, -0.25) is 0 Å². The first-order valence-electron chi connectivity index (χ1n) is 10.9. The van der Waals surface area contributed by atoms with E-state index in [4.69, 9.17) is 0 Å². The number of para-hydroxylation sites is 2. The predicted octanol–water partition coefficient (Wildman–Crippen LogP) is 7.67. The Labute approximate surface area is 179 Å². The Morgan fingerprint density at radius 3 is 2.00 bits per heavy atom. The minimum absolute atomic E-state index is 1.19. The molecule has 0 radical (unpaired) electrons. The van der Waals surface area contributed by atoms with Crippen molar-refractivity contribution in [3.63, 3.8) is 0 Å². The molecule has 0 amide bonds. The fourth-order valence-electron chi connectivity index (χ4n) is 4.68. The molecule has 148 valence electrons. The van der Waals surface area contributed by atoms with Gasteiger partial charge in [-0.15, -0.1) is 0 Å². The Morgan fingerprint density at radius 1 is 0.567 bits per heavy atom. The molecule has 0 aliphatic heterocycles. The van der Waals surface area contributed by atoms with E-state index in [-0.39, 0.29) is 0 Å². The number of benzene rings is 4. The number of nitrogens with zero attached hydrogens (tertiary/aromatic N) is 1. The van der Waals surface area contributed by atoms with Crippen molar-refractivity contribution in [1.29, 1.82) is 0 Å². The van der Waals surface area contributed by atoms with Crippen LogP contribution in [0.5, 0.6) is 0 Å². The predicted molar refractivity (Wildman–Crippen MR) is 128 cm³/mol. The zero-order chi connectivity index (χ0) is 20.3. The molecule has 1 aliphatic carbocycles. The highest BCUT2D eigenvalue weighted by atomic mass is 15.1. The van der Waals surface area contributed by atoms with Gasteiger partial charge in [-0.1, -0.05) is 78.9 Å². The van der Waals surface area contributed by atoms with Crippen molar-refractivity contribution in [1.82, 2.24) is 0 Å². The van der Waals surface area contributed by atoms with Crippen LogP contribution >= 0.6 is 0 Å². The Bertz CT molecular complexity index is 1140. The molecule has 0 bridgehead atoms. The fraction of sp³-hybridized carbons (Fsp3) is 0.172. The second kappa shape index (κ2) is 8.20. The van der Waals surface area contributed by atoms with Crippen LogP contribution in [0.25, 0.3) is 22.3 Å². The summed E-state index contributed by atoms with van der Waals surface area (Å²) in [6.07, 6.45) is 5.06. The fourth-order valence-corrected chi connectivity index (χ4v) is 4.68. The molecule has 0 saturated carbocycles. The zero-order valence-electron chi connectivity index (χ0n) is 17.5.